The van der Waals surface area contributed by atoms with E-state index in [0.717, 1.165) is 12.8 Å². The summed E-state index contributed by atoms with van der Waals surface area (Å²) in [5, 5.41) is 2.85. The molecule has 0 aliphatic heterocycles. The van der Waals surface area contributed by atoms with Crippen LogP contribution < -0.4 is 11.1 Å². The number of rotatable bonds is 5. The monoisotopic (exact) mass is 293 g/mol. The van der Waals surface area contributed by atoms with Crippen LogP contribution in [0.4, 0.5) is 0 Å². The summed E-state index contributed by atoms with van der Waals surface area (Å²) in [6, 6.07) is 3.37. The lowest BCUT2D eigenvalue weighted by Crippen LogP contribution is -2.49. The molecule has 0 fully saturated rings. The number of nitrogens with two attached hydrogens (primary N) is 1. The van der Waals surface area contributed by atoms with E-state index in [9.17, 15) is 4.79 Å². The van der Waals surface area contributed by atoms with Gasteiger partial charge in [-0.2, -0.15) is 0 Å². The van der Waals surface area contributed by atoms with Gasteiger partial charge in [0.2, 0.25) is 0 Å². The Balaban J connectivity index is 0. The van der Waals surface area contributed by atoms with Crippen molar-refractivity contribution in [2.45, 2.75) is 32.2 Å². The van der Waals surface area contributed by atoms with Crippen molar-refractivity contribution in [1.82, 2.24) is 10.3 Å². The van der Waals surface area contributed by atoms with Crippen molar-refractivity contribution in [3.8, 4) is 0 Å². The number of halogens is 2. The Hall–Kier alpha value is -0.840. The number of hydrogen-bond donors (Lipinski definition) is 2. The first-order chi connectivity index (χ1) is 7.61. The highest BCUT2D eigenvalue weighted by atomic mass is 35.5. The van der Waals surface area contributed by atoms with Crippen LogP contribution in [0, 0.1) is 0 Å². The topological polar surface area (TPSA) is 68.0 Å². The first kappa shape index (κ1) is 19.5. The van der Waals surface area contributed by atoms with Gasteiger partial charge in [0, 0.05) is 30.0 Å². The maximum Gasteiger partial charge on any atom is 0.251 e. The van der Waals surface area contributed by atoms with Crippen LogP contribution in [0.5, 0.6) is 0 Å². The molecule has 1 aromatic heterocycles. The molecule has 0 radical (unpaired) electrons. The molecule has 0 spiro atoms. The van der Waals surface area contributed by atoms with Crippen molar-refractivity contribution in [3.05, 3.63) is 30.1 Å². The largest absolute Gasteiger partial charge is 0.350 e. The fraction of sp³-hybridized carbons (Fsp3) is 0.500. The molecule has 1 heterocycles. The fourth-order valence-electron chi connectivity index (χ4n) is 1.36. The predicted octanol–water partition coefficient (Wildman–Crippen LogP) is 2.17. The van der Waals surface area contributed by atoms with Crippen molar-refractivity contribution < 1.29 is 4.79 Å². The summed E-state index contributed by atoms with van der Waals surface area (Å²) >= 11 is 0. The molecule has 6 heteroatoms. The molecule has 0 atom stereocenters. The molecule has 3 N–H and O–H groups in total. The average Bonchev–Trinajstić information content (AvgIpc) is 2.36. The summed E-state index contributed by atoms with van der Waals surface area (Å²) in [4.78, 5) is 15.6. The second-order valence-electron chi connectivity index (χ2n) is 3.99. The van der Waals surface area contributed by atoms with Gasteiger partial charge in [-0.05, 0) is 25.0 Å². The Morgan fingerprint density at radius 2 is 1.78 bits per heavy atom. The molecule has 1 amide bonds. The smallest absolute Gasteiger partial charge is 0.251 e. The quantitative estimate of drug-likeness (QED) is 0.874. The average molecular weight is 294 g/mol. The van der Waals surface area contributed by atoms with Gasteiger partial charge < -0.3 is 11.1 Å². The number of pyridine rings is 1. The van der Waals surface area contributed by atoms with E-state index >= 15 is 0 Å². The minimum atomic E-state index is -0.303. The molecule has 0 aliphatic carbocycles. The highest BCUT2D eigenvalue weighted by molar-refractivity contribution is 5.94. The van der Waals surface area contributed by atoms with E-state index in [4.69, 9.17) is 5.73 Å². The lowest BCUT2D eigenvalue weighted by Gasteiger charge is -2.26. The molecule has 1 aromatic rings. The summed E-state index contributed by atoms with van der Waals surface area (Å²) in [5.74, 6) is -0.0980. The van der Waals surface area contributed by atoms with Gasteiger partial charge in [-0.25, -0.2) is 0 Å². The summed E-state index contributed by atoms with van der Waals surface area (Å²) in [6.45, 7) is 4.56. The Morgan fingerprint density at radius 3 is 2.22 bits per heavy atom. The molecule has 0 aromatic carbocycles. The summed E-state index contributed by atoms with van der Waals surface area (Å²) in [7, 11) is 0. The van der Waals surface area contributed by atoms with E-state index in [-0.39, 0.29) is 36.3 Å². The van der Waals surface area contributed by atoms with Gasteiger partial charge in [0.1, 0.15) is 0 Å². The van der Waals surface area contributed by atoms with Gasteiger partial charge >= 0.3 is 0 Å². The molecule has 104 valence electrons. The zero-order valence-electron chi connectivity index (χ0n) is 10.7. The van der Waals surface area contributed by atoms with Crippen LogP contribution >= 0.6 is 24.8 Å². The molecule has 18 heavy (non-hydrogen) atoms. The fourth-order valence-corrected chi connectivity index (χ4v) is 1.36. The van der Waals surface area contributed by atoms with E-state index in [1.165, 1.54) is 0 Å². The van der Waals surface area contributed by atoms with E-state index < -0.39 is 0 Å². The SMILES string of the molecule is CCC(N)(CC)CNC(=O)c1ccncc1.Cl.Cl. The molecule has 0 unspecified atom stereocenters. The van der Waals surface area contributed by atoms with Crippen LogP contribution in [0.2, 0.25) is 0 Å². The number of nitrogens with one attached hydrogen (secondary N) is 1. The Kier molecular flexibility index (Phi) is 9.90. The maximum atomic E-state index is 11.7. The zero-order valence-corrected chi connectivity index (χ0v) is 12.3. The normalized spacial score (nSPS) is 9.94. The van der Waals surface area contributed by atoms with Gasteiger partial charge in [-0.1, -0.05) is 13.8 Å². The summed E-state index contributed by atoms with van der Waals surface area (Å²) < 4.78 is 0. The Labute approximate surface area is 121 Å². The number of nitrogens with zero attached hydrogens (tertiary/aromatic N) is 1. The van der Waals surface area contributed by atoms with E-state index in [1.807, 2.05) is 13.8 Å². The third-order valence-corrected chi connectivity index (χ3v) is 2.95. The minimum Gasteiger partial charge on any atom is -0.350 e. The van der Waals surface area contributed by atoms with E-state index in [2.05, 4.69) is 10.3 Å². The lowest BCUT2D eigenvalue weighted by atomic mass is 9.94. The van der Waals surface area contributed by atoms with Crippen LogP contribution in [-0.2, 0) is 0 Å². The third kappa shape index (κ3) is 5.67. The highest BCUT2D eigenvalue weighted by Crippen LogP contribution is 2.09. The summed E-state index contributed by atoms with van der Waals surface area (Å²) in [5.41, 5.74) is 6.41. The number of carbonyl (C=O) groups excluding carboxylic acids is 1. The summed E-state index contributed by atoms with van der Waals surface area (Å²) in [6.07, 6.45) is 4.90. The first-order valence-electron chi connectivity index (χ1n) is 5.58. The van der Waals surface area contributed by atoms with Crippen LogP contribution in [0.15, 0.2) is 24.5 Å². The maximum absolute atomic E-state index is 11.7. The van der Waals surface area contributed by atoms with Gasteiger partial charge in [0.15, 0.2) is 0 Å². The van der Waals surface area contributed by atoms with Crippen molar-refractivity contribution in [2.75, 3.05) is 6.54 Å². The molecular weight excluding hydrogens is 273 g/mol. The van der Waals surface area contributed by atoms with Crippen LogP contribution in [0.3, 0.4) is 0 Å². The molecule has 0 bridgehead atoms. The lowest BCUT2D eigenvalue weighted by molar-refractivity contribution is 0.0942. The molecule has 0 aliphatic rings. The van der Waals surface area contributed by atoms with Crippen molar-refractivity contribution in [1.29, 1.82) is 0 Å². The highest BCUT2D eigenvalue weighted by Gasteiger charge is 2.20. The van der Waals surface area contributed by atoms with Gasteiger partial charge in [0.05, 0.1) is 0 Å². The van der Waals surface area contributed by atoms with Gasteiger partial charge in [-0.3, -0.25) is 9.78 Å². The molecular formula is C12H21Cl2N3O. The number of hydrogen-bond acceptors (Lipinski definition) is 3. The standard InChI is InChI=1S/C12H19N3O.2ClH/c1-3-12(13,4-2)9-15-11(16)10-5-7-14-8-6-10;;/h5-8H,3-4,9,13H2,1-2H3,(H,15,16);2*1H. The van der Waals surface area contributed by atoms with Gasteiger partial charge in [-0.15, -0.1) is 24.8 Å². The van der Waals surface area contributed by atoms with Crippen molar-refractivity contribution >= 4 is 30.7 Å². The van der Waals surface area contributed by atoms with Gasteiger partial charge in [0.25, 0.3) is 5.91 Å². The molecule has 4 nitrogen and oxygen atoms in total. The van der Waals surface area contributed by atoms with Crippen molar-refractivity contribution in [3.63, 3.8) is 0 Å². The first-order valence-corrected chi connectivity index (χ1v) is 5.58. The second kappa shape index (κ2) is 9.14. The van der Waals surface area contributed by atoms with Crippen LogP contribution in [-0.4, -0.2) is 23.0 Å². The molecule has 0 saturated carbocycles. The third-order valence-electron chi connectivity index (χ3n) is 2.95. The second-order valence-corrected chi connectivity index (χ2v) is 3.99. The predicted molar refractivity (Wildman–Crippen MR) is 78.6 cm³/mol. The zero-order chi connectivity index (χ0) is 12.0. The van der Waals surface area contributed by atoms with Crippen molar-refractivity contribution in [2.24, 2.45) is 5.73 Å². The van der Waals surface area contributed by atoms with Crippen LogP contribution in [0.25, 0.3) is 0 Å². The Morgan fingerprint density at radius 1 is 1.28 bits per heavy atom. The molecule has 0 saturated heterocycles. The number of aromatic nitrogens is 1. The van der Waals surface area contributed by atoms with E-state index in [0.29, 0.717) is 12.1 Å². The Bertz CT molecular complexity index is 342. The number of carbonyl (C=O) groups is 1. The number of amides is 1. The van der Waals surface area contributed by atoms with Crippen LogP contribution in [0.1, 0.15) is 37.0 Å². The molecule has 1 rings (SSSR count). The van der Waals surface area contributed by atoms with E-state index in [1.54, 1.807) is 24.5 Å². The minimum absolute atomic E-state index is 0.